The summed E-state index contributed by atoms with van der Waals surface area (Å²) in [6, 6.07) is 7.30. The number of nitrogens with one attached hydrogen (secondary N) is 1. The van der Waals surface area contributed by atoms with Gasteiger partial charge < -0.3 is 15.2 Å². The second-order valence-electron chi connectivity index (χ2n) is 5.20. The molecule has 110 valence electrons. The molecule has 2 N–H and O–H groups in total. The number of aliphatic carboxylic acids is 1. The van der Waals surface area contributed by atoms with Crippen LogP contribution in [0.5, 0.6) is 5.75 Å². The molecule has 1 aliphatic heterocycles. The molecule has 1 saturated heterocycles. The van der Waals surface area contributed by atoms with Gasteiger partial charge in [0, 0.05) is 19.6 Å². The van der Waals surface area contributed by atoms with Gasteiger partial charge in [-0.05, 0) is 37.6 Å². The number of carboxylic acid groups (broad SMARTS) is 1. The topological polar surface area (TPSA) is 61.8 Å². The smallest absolute Gasteiger partial charge is 0.328 e. The Labute approximate surface area is 119 Å². The minimum Gasteiger partial charge on any atom is -0.497 e. The van der Waals surface area contributed by atoms with E-state index in [2.05, 4.69) is 5.32 Å². The lowest BCUT2D eigenvalue weighted by atomic mass is 9.89. The molecule has 2 rings (SSSR count). The third-order valence-electron chi connectivity index (χ3n) is 4.04. The lowest BCUT2D eigenvalue weighted by Crippen LogP contribution is -2.51. The number of hydrogen-bond donors (Lipinski definition) is 2. The average Bonchev–Trinajstić information content (AvgIpc) is 2.75. The largest absolute Gasteiger partial charge is 0.497 e. The van der Waals surface area contributed by atoms with Crippen molar-refractivity contribution in [2.24, 2.45) is 0 Å². The number of ether oxygens (including phenoxy) is 1. The quantitative estimate of drug-likeness (QED) is 0.869. The Kier molecular flexibility index (Phi) is 4.62. The van der Waals surface area contributed by atoms with Crippen LogP contribution in [-0.4, -0.2) is 49.3 Å². The predicted molar refractivity (Wildman–Crippen MR) is 77.0 cm³/mol. The van der Waals surface area contributed by atoms with E-state index in [1.807, 2.05) is 29.2 Å². The summed E-state index contributed by atoms with van der Waals surface area (Å²) in [7, 11) is 1.60. The van der Waals surface area contributed by atoms with E-state index in [0.29, 0.717) is 0 Å². The molecule has 1 aromatic rings. The van der Waals surface area contributed by atoms with Crippen molar-refractivity contribution in [3.05, 3.63) is 29.8 Å². The average molecular weight is 278 g/mol. The van der Waals surface area contributed by atoms with Crippen molar-refractivity contribution in [2.75, 3.05) is 33.3 Å². The SMILES string of the molecule is COc1ccc(C(C)(C(=O)O)N2CCCNCC2)cc1. The van der Waals surface area contributed by atoms with Gasteiger partial charge in [0.25, 0.3) is 0 Å². The second-order valence-corrected chi connectivity index (χ2v) is 5.20. The molecule has 0 spiro atoms. The second kappa shape index (κ2) is 6.24. The molecule has 0 aliphatic carbocycles. The Balaban J connectivity index is 2.33. The van der Waals surface area contributed by atoms with Crippen LogP contribution in [0.15, 0.2) is 24.3 Å². The van der Waals surface area contributed by atoms with Gasteiger partial charge in [-0.25, -0.2) is 4.79 Å². The zero-order valence-corrected chi connectivity index (χ0v) is 12.1. The summed E-state index contributed by atoms with van der Waals surface area (Å²) in [4.78, 5) is 13.9. The molecule has 0 bridgehead atoms. The Bertz CT molecular complexity index is 453. The number of benzene rings is 1. The van der Waals surface area contributed by atoms with Crippen LogP contribution in [0, 0.1) is 0 Å². The minimum atomic E-state index is -1.00. The van der Waals surface area contributed by atoms with Crippen molar-refractivity contribution in [3.63, 3.8) is 0 Å². The number of carbonyl (C=O) groups is 1. The summed E-state index contributed by atoms with van der Waals surface area (Å²) in [5, 5.41) is 13.1. The molecule has 1 fully saturated rings. The van der Waals surface area contributed by atoms with E-state index >= 15 is 0 Å². The fourth-order valence-corrected chi connectivity index (χ4v) is 2.65. The maximum atomic E-state index is 11.9. The van der Waals surface area contributed by atoms with Crippen molar-refractivity contribution in [1.82, 2.24) is 10.2 Å². The first-order valence-corrected chi connectivity index (χ1v) is 6.92. The van der Waals surface area contributed by atoms with Gasteiger partial charge in [-0.2, -0.15) is 0 Å². The summed E-state index contributed by atoms with van der Waals surface area (Å²) < 4.78 is 5.14. The normalized spacial score (nSPS) is 19.9. The van der Waals surface area contributed by atoms with Gasteiger partial charge in [0.2, 0.25) is 0 Å². The highest BCUT2D eigenvalue weighted by Gasteiger charge is 2.41. The number of rotatable bonds is 4. The molecule has 5 nitrogen and oxygen atoms in total. The van der Waals surface area contributed by atoms with E-state index in [9.17, 15) is 9.90 Å². The molecule has 1 aromatic carbocycles. The fraction of sp³-hybridized carbons (Fsp3) is 0.533. The van der Waals surface area contributed by atoms with Crippen LogP contribution in [0.3, 0.4) is 0 Å². The van der Waals surface area contributed by atoms with Gasteiger partial charge in [0.15, 0.2) is 0 Å². The van der Waals surface area contributed by atoms with Crippen molar-refractivity contribution >= 4 is 5.97 Å². The van der Waals surface area contributed by atoms with Crippen molar-refractivity contribution in [1.29, 1.82) is 0 Å². The Morgan fingerprint density at radius 1 is 1.30 bits per heavy atom. The number of hydrogen-bond acceptors (Lipinski definition) is 4. The summed E-state index contributed by atoms with van der Waals surface area (Å²) in [5.41, 5.74) is -0.217. The molecule has 0 saturated carbocycles. The monoisotopic (exact) mass is 278 g/mol. The molecule has 1 aliphatic rings. The summed E-state index contributed by atoms with van der Waals surface area (Å²) in [6.07, 6.45) is 0.957. The zero-order valence-electron chi connectivity index (χ0n) is 12.1. The Morgan fingerprint density at radius 3 is 2.60 bits per heavy atom. The molecule has 0 amide bonds. The lowest BCUT2D eigenvalue weighted by Gasteiger charge is -2.37. The van der Waals surface area contributed by atoms with Crippen molar-refractivity contribution in [2.45, 2.75) is 18.9 Å². The first-order valence-electron chi connectivity index (χ1n) is 6.92. The number of nitrogens with zero attached hydrogens (tertiary/aromatic N) is 1. The van der Waals surface area contributed by atoms with Gasteiger partial charge in [-0.3, -0.25) is 4.90 Å². The Hall–Kier alpha value is -1.59. The van der Waals surface area contributed by atoms with E-state index < -0.39 is 11.5 Å². The van der Waals surface area contributed by atoms with Gasteiger partial charge in [-0.15, -0.1) is 0 Å². The molecule has 1 unspecified atom stereocenters. The fourth-order valence-electron chi connectivity index (χ4n) is 2.65. The van der Waals surface area contributed by atoms with Crippen LogP contribution < -0.4 is 10.1 Å². The summed E-state index contributed by atoms with van der Waals surface area (Å²) in [6.45, 7) is 5.05. The molecule has 0 radical (unpaired) electrons. The summed E-state index contributed by atoms with van der Waals surface area (Å²) in [5.74, 6) is -0.0800. The molecule has 20 heavy (non-hydrogen) atoms. The van der Waals surface area contributed by atoms with Crippen LogP contribution in [0.1, 0.15) is 18.9 Å². The van der Waals surface area contributed by atoms with E-state index in [1.54, 1.807) is 14.0 Å². The first kappa shape index (κ1) is 14.8. The molecule has 5 heteroatoms. The summed E-state index contributed by atoms with van der Waals surface area (Å²) >= 11 is 0. The van der Waals surface area contributed by atoms with E-state index in [0.717, 1.165) is 43.9 Å². The highest BCUT2D eigenvalue weighted by atomic mass is 16.5. The third-order valence-corrected chi connectivity index (χ3v) is 4.04. The standard InChI is InChI=1S/C15H22N2O3/c1-15(14(18)19,17-10-3-8-16-9-11-17)12-4-6-13(20-2)7-5-12/h4-7,16H,3,8-11H2,1-2H3,(H,18,19). The maximum Gasteiger partial charge on any atom is 0.328 e. The minimum absolute atomic E-state index is 0.731. The van der Waals surface area contributed by atoms with E-state index in [1.165, 1.54) is 0 Å². The Morgan fingerprint density at radius 2 is 2.00 bits per heavy atom. The number of carboxylic acids is 1. The molecule has 1 heterocycles. The lowest BCUT2D eigenvalue weighted by molar-refractivity contribution is -0.151. The van der Waals surface area contributed by atoms with E-state index in [4.69, 9.17) is 4.74 Å². The highest BCUT2D eigenvalue weighted by Crippen LogP contribution is 2.30. The first-order chi connectivity index (χ1) is 9.59. The van der Waals surface area contributed by atoms with Crippen LogP contribution in [0.2, 0.25) is 0 Å². The van der Waals surface area contributed by atoms with Gasteiger partial charge in [0.1, 0.15) is 11.3 Å². The van der Waals surface area contributed by atoms with Crippen molar-refractivity contribution in [3.8, 4) is 5.75 Å². The zero-order chi connectivity index (χ0) is 14.6. The van der Waals surface area contributed by atoms with Crippen LogP contribution in [0.25, 0.3) is 0 Å². The molecule has 1 atom stereocenters. The van der Waals surface area contributed by atoms with Gasteiger partial charge >= 0.3 is 5.97 Å². The van der Waals surface area contributed by atoms with E-state index in [-0.39, 0.29) is 0 Å². The predicted octanol–water partition coefficient (Wildman–Crippen LogP) is 1.29. The van der Waals surface area contributed by atoms with Crippen LogP contribution >= 0.6 is 0 Å². The van der Waals surface area contributed by atoms with Crippen molar-refractivity contribution < 1.29 is 14.6 Å². The van der Waals surface area contributed by atoms with Gasteiger partial charge in [0.05, 0.1) is 7.11 Å². The van der Waals surface area contributed by atoms with Gasteiger partial charge in [-0.1, -0.05) is 12.1 Å². The highest BCUT2D eigenvalue weighted by molar-refractivity contribution is 5.80. The van der Waals surface area contributed by atoms with Crippen LogP contribution in [-0.2, 0) is 10.3 Å². The molecular weight excluding hydrogens is 256 g/mol. The molecule has 0 aromatic heterocycles. The maximum absolute atomic E-state index is 11.9. The van der Waals surface area contributed by atoms with Crippen LogP contribution in [0.4, 0.5) is 0 Å². The molecular formula is C15H22N2O3. The third kappa shape index (κ3) is 2.78. The number of methoxy groups -OCH3 is 1.